The summed E-state index contributed by atoms with van der Waals surface area (Å²) in [6.07, 6.45) is 0.655. The summed E-state index contributed by atoms with van der Waals surface area (Å²) in [5.74, 6) is -3.20. The van der Waals surface area contributed by atoms with Gasteiger partial charge in [0.15, 0.2) is 11.6 Å². The van der Waals surface area contributed by atoms with Crippen LogP contribution in [0.3, 0.4) is 0 Å². The van der Waals surface area contributed by atoms with Gasteiger partial charge in [-0.2, -0.15) is 0 Å². The van der Waals surface area contributed by atoms with E-state index in [1.165, 1.54) is 6.07 Å². The minimum absolute atomic E-state index is 0.00807. The predicted octanol–water partition coefficient (Wildman–Crippen LogP) is 4.92. The molecule has 3 aromatic rings. The highest BCUT2D eigenvalue weighted by molar-refractivity contribution is 6.51. The van der Waals surface area contributed by atoms with Gasteiger partial charge in [0.25, 0.3) is 11.7 Å². The van der Waals surface area contributed by atoms with E-state index in [4.69, 9.17) is 9.47 Å². The Kier molecular flexibility index (Phi) is 5.72. The van der Waals surface area contributed by atoms with E-state index < -0.39 is 29.4 Å². The highest BCUT2D eigenvalue weighted by Gasteiger charge is 2.47. The third-order valence-electron chi connectivity index (χ3n) is 6.10. The zero-order valence-corrected chi connectivity index (χ0v) is 18.8. The van der Waals surface area contributed by atoms with E-state index in [9.17, 15) is 23.5 Å². The molecule has 1 unspecified atom stereocenters. The van der Waals surface area contributed by atoms with Crippen molar-refractivity contribution >= 4 is 23.1 Å². The monoisotopic (exact) mass is 477 g/mol. The number of hydrogen-bond acceptors (Lipinski definition) is 5. The first-order valence-corrected chi connectivity index (χ1v) is 11.1. The molecule has 2 aliphatic heterocycles. The number of ketones is 1. The summed E-state index contributed by atoms with van der Waals surface area (Å²) in [6, 6.07) is 13.6. The Hall–Kier alpha value is -4.20. The number of amides is 1. The maximum Gasteiger partial charge on any atom is 0.300 e. The van der Waals surface area contributed by atoms with Crippen LogP contribution >= 0.6 is 0 Å². The lowest BCUT2D eigenvalue weighted by Gasteiger charge is -2.25. The van der Waals surface area contributed by atoms with Crippen LogP contribution in [-0.4, -0.2) is 30.0 Å². The SMILES string of the molecule is CCOc1ccc(C2/C(=C(/O)c3ccc4c(c3)CCO4)C(=O)C(=O)N2c2ccc(F)c(F)c2)cc1. The van der Waals surface area contributed by atoms with Crippen LogP contribution in [0.2, 0.25) is 0 Å². The average molecular weight is 477 g/mol. The largest absolute Gasteiger partial charge is 0.507 e. The van der Waals surface area contributed by atoms with Gasteiger partial charge >= 0.3 is 0 Å². The summed E-state index contributed by atoms with van der Waals surface area (Å²) >= 11 is 0. The zero-order chi connectivity index (χ0) is 24.7. The summed E-state index contributed by atoms with van der Waals surface area (Å²) in [5.41, 5.74) is 1.56. The van der Waals surface area contributed by atoms with Crippen molar-refractivity contribution in [1.29, 1.82) is 0 Å². The predicted molar refractivity (Wildman–Crippen MR) is 124 cm³/mol. The zero-order valence-electron chi connectivity index (χ0n) is 18.8. The molecule has 6 nitrogen and oxygen atoms in total. The number of fused-ring (bicyclic) bond motifs is 1. The summed E-state index contributed by atoms with van der Waals surface area (Å²) in [7, 11) is 0. The Morgan fingerprint density at radius 2 is 1.83 bits per heavy atom. The van der Waals surface area contributed by atoms with E-state index in [1.54, 1.807) is 42.5 Å². The molecule has 0 aromatic heterocycles. The van der Waals surface area contributed by atoms with Crippen molar-refractivity contribution in [1.82, 2.24) is 0 Å². The van der Waals surface area contributed by atoms with Gasteiger partial charge in [-0.1, -0.05) is 12.1 Å². The number of hydrogen-bond donors (Lipinski definition) is 1. The van der Waals surface area contributed by atoms with Gasteiger partial charge in [0.2, 0.25) is 0 Å². The molecule has 2 heterocycles. The van der Waals surface area contributed by atoms with Crippen LogP contribution in [0.4, 0.5) is 14.5 Å². The van der Waals surface area contributed by atoms with E-state index in [0.29, 0.717) is 42.3 Å². The molecule has 1 saturated heterocycles. The average Bonchev–Trinajstić information content (AvgIpc) is 3.43. The van der Waals surface area contributed by atoms with Crippen LogP contribution in [0, 0.1) is 11.6 Å². The van der Waals surface area contributed by atoms with Gasteiger partial charge in [-0.25, -0.2) is 8.78 Å². The number of ether oxygens (including phenoxy) is 2. The van der Waals surface area contributed by atoms with E-state index in [-0.39, 0.29) is 17.0 Å². The van der Waals surface area contributed by atoms with Crippen LogP contribution in [0.25, 0.3) is 5.76 Å². The quantitative estimate of drug-likeness (QED) is 0.321. The molecule has 3 aromatic carbocycles. The fourth-order valence-corrected chi connectivity index (χ4v) is 4.45. The van der Waals surface area contributed by atoms with Crippen molar-refractivity contribution in [3.8, 4) is 11.5 Å². The smallest absolute Gasteiger partial charge is 0.300 e. The molecule has 1 N–H and O–H groups in total. The molecule has 35 heavy (non-hydrogen) atoms. The molecular formula is C27H21F2NO5. The Balaban J connectivity index is 1.68. The number of carbonyl (C=O) groups excluding carboxylic acids is 2. The Morgan fingerprint density at radius 1 is 1.06 bits per heavy atom. The second-order valence-electron chi connectivity index (χ2n) is 8.19. The van der Waals surface area contributed by atoms with Gasteiger partial charge < -0.3 is 14.6 Å². The van der Waals surface area contributed by atoms with Gasteiger partial charge in [-0.15, -0.1) is 0 Å². The van der Waals surface area contributed by atoms with E-state index in [2.05, 4.69) is 0 Å². The molecule has 1 fully saturated rings. The van der Waals surface area contributed by atoms with Crippen LogP contribution < -0.4 is 14.4 Å². The lowest BCUT2D eigenvalue weighted by atomic mass is 9.94. The number of rotatable bonds is 5. The lowest BCUT2D eigenvalue weighted by Crippen LogP contribution is -2.29. The first-order chi connectivity index (χ1) is 16.9. The fourth-order valence-electron chi connectivity index (χ4n) is 4.45. The second-order valence-corrected chi connectivity index (χ2v) is 8.19. The van der Waals surface area contributed by atoms with Crippen molar-refractivity contribution in [3.05, 3.63) is 94.6 Å². The molecule has 0 saturated carbocycles. The summed E-state index contributed by atoms with van der Waals surface area (Å²) in [4.78, 5) is 27.4. The van der Waals surface area contributed by atoms with Crippen LogP contribution in [0.1, 0.15) is 29.7 Å². The number of aliphatic hydroxyl groups excluding tert-OH is 1. The minimum Gasteiger partial charge on any atom is -0.507 e. The van der Waals surface area contributed by atoms with Crippen molar-refractivity contribution < 1.29 is 33.0 Å². The molecule has 2 aliphatic rings. The van der Waals surface area contributed by atoms with Crippen molar-refractivity contribution in [2.75, 3.05) is 18.1 Å². The molecule has 0 aliphatic carbocycles. The van der Waals surface area contributed by atoms with Crippen LogP contribution in [0.5, 0.6) is 11.5 Å². The fraction of sp³-hybridized carbons (Fsp3) is 0.185. The molecule has 8 heteroatoms. The van der Waals surface area contributed by atoms with Crippen LogP contribution in [-0.2, 0) is 16.0 Å². The van der Waals surface area contributed by atoms with Crippen LogP contribution in [0.15, 0.2) is 66.2 Å². The maximum atomic E-state index is 14.1. The van der Waals surface area contributed by atoms with Gasteiger partial charge in [0, 0.05) is 23.7 Å². The second kappa shape index (κ2) is 8.87. The van der Waals surface area contributed by atoms with Gasteiger partial charge in [0.1, 0.15) is 17.3 Å². The first kappa shape index (κ1) is 22.6. The summed E-state index contributed by atoms with van der Waals surface area (Å²) in [6.45, 7) is 2.81. The number of nitrogens with zero attached hydrogens (tertiary/aromatic N) is 1. The Bertz CT molecular complexity index is 1370. The Morgan fingerprint density at radius 3 is 2.54 bits per heavy atom. The summed E-state index contributed by atoms with van der Waals surface area (Å²) < 4.78 is 38.7. The molecule has 178 valence electrons. The van der Waals surface area contributed by atoms with Gasteiger partial charge in [-0.3, -0.25) is 14.5 Å². The molecule has 1 amide bonds. The first-order valence-electron chi connectivity index (χ1n) is 11.1. The van der Waals surface area contributed by atoms with Crippen molar-refractivity contribution in [2.24, 2.45) is 0 Å². The maximum absolute atomic E-state index is 14.1. The molecule has 0 spiro atoms. The standard InChI is InChI=1S/C27H21F2NO5/c1-2-34-19-7-3-15(4-8-19)24-23(25(31)17-5-10-22-16(13-17)11-12-35-22)26(32)27(33)30(24)18-6-9-20(28)21(29)14-18/h3-10,13-14,24,31H,2,11-12H2,1H3/b25-23-. The molecule has 0 radical (unpaired) electrons. The summed E-state index contributed by atoms with van der Waals surface area (Å²) in [5, 5.41) is 11.3. The van der Waals surface area contributed by atoms with Crippen molar-refractivity contribution in [2.45, 2.75) is 19.4 Å². The normalized spacial score (nSPS) is 18.5. The van der Waals surface area contributed by atoms with E-state index in [0.717, 1.165) is 22.6 Å². The third-order valence-corrected chi connectivity index (χ3v) is 6.10. The molecule has 0 bridgehead atoms. The minimum atomic E-state index is -1.16. The lowest BCUT2D eigenvalue weighted by molar-refractivity contribution is -0.132. The highest BCUT2D eigenvalue weighted by Crippen LogP contribution is 2.43. The van der Waals surface area contributed by atoms with E-state index >= 15 is 0 Å². The third kappa shape index (κ3) is 3.90. The highest BCUT2D eigenvalue weighted by atomic mass is 19.2. The number of aliphatic hydroxyl groups is 1. The number of Topliss-reactive ketones (excluding diaryl/α,β-unsaturated/α-hetero) is 1. The van der Waals surface area contributed by atoms with Gasteiger partial charge in [-0.05, 0) is 60.5 Å². The molecule has 5 rings (SSSR count). The molecule has 1 atom stereocenters. The number of anilines is 1. The van der Waals surface area contributed by atoms with E-state index in [1.807, 2.05) is 6.92 Å². The van der Waals surface area contributed by atoms with Gasteiger partial charge in [0.05, 0.1) is 24.8 Å². The van der Waals surface area contributed by atoms with Crippen molar-refractivity contribution in [3.63, 3.8) is 0 Å². The Labute approximate surface area is 200 Å². The number of halogens is 2. The molecular weight excluding hydrogens is 456 g/mol. The number of benzene rings is 3. The topological polar surface area (TPSA) is 76.1 Å². The number of carbonyl (C=O) groups is 2.